The molecule has 1 aliphatic rings. The Bertz CT molecular complexity index is 297. The van der Waals surface area contributed by atoms with Gasteiger partial charge in [-0.3, -0.25) is 0 Å². The van der Waals surface area contributed by atoms with Crippen molar-refractivity contribution in [1.29, 1.82) is 0 Å². The summed E-state index contributed by atoms with van der Waals surface area (Å²) in [5, 5.41) is 14.9. The van der Waals surface area contributed by atoms with E-state index in [1.807, 2.05) is 13.8 Å². The molecule has 18 heavy (non-hydrogen) atoms. The number of aliphatic carboxylic acids is 1. The van der Waals surface area contributed by atoms with E-state index < -0.39 is 11.5 Å². The minimum absolute atomic E-state index is 0.0571. The fraction of sp³-hybridized carbons (Fsp3) is 0.846. The van der Waals surface area contributed by atoms with Crippen molar-refractivity contribution in [2.24, 2.45) is 0 Å². The first-order valence-corrected chi connectivity index (χ1v) is 6.82. The highest BCUT2D eigenvalue weighted by Crippen LogP contribution is 2.27. The van der Waals surface area contributed by atoms with Crippen molar-refractivity contribution in [3.05, 3.63) is 0 Å². The van der Waals surface area contributed by atoms with E-state index in [-0.39, 0.29) is 12.1 Å². The van der Waals surface area contributed by atoms with Gasteiger partial charge >= 0.3 is 12.0 Å². The summed E-state index contributed by atoms with van der Waals surface area (Å²) in [7, 11) is 0. The lowest BCUT2D eigenvalue weighted by Crippen LogP contribution is -2.57. The Kier molecular flexibility index (Phi) is 5.44. The molecule has 1 fully saturated rings. The van der Waals surface area contributed by atoms with Gasteiger partial charge in [0.05, 0.1) is 0 Å². The van der Waals surface area contributed by atoms with Gasteiger partial charge in [0, 0.05) is 6.04 Å². The molecule has 0 radical (unpaired) electrons. The highest BCUT2D eigenvalue weighted by molar-refractivity contribution is 5.86. The molecule has 3 N–H and O–H groups in total. The van der Waals surface area contributed by atoms with Crippen molar-refractivity contribution in [2.45, 2.75) is 70.4 Å². The summed E-state index contributed by atoms with van der Waals surface area (Å²) in [4.78, 5) is 23.3. The highest BCUT2D eigenvalue weighted by atomic mass is 16.4. The molecule has 0 aliphatic heterocycles. The maximum absolute atomic E-state index is 11.8. The monoisotopic (exact) mass is 256 g/mol. The van der Waals surface area contributed by atoms with Crippen LogP contribution in [0.2, 0.25) is 0 Å². The Morgan fingerprint density at radius 1 is 1.22 bits per heavy atom. The quantitative estimate of drug-likeness (QED) is 0.675. The van der Waals surface area contributed by atoms with Crippen molar-refractivity contribution in [1.82, 2.24) is 10.6 Å². The van der Waals surface area contributed by atoms with Gasteiger partial charge in [0.2, 0.25) is 0 Å². The molecular weight excluding hydrogens is 232 g/mol. The number of hydrogen-bond donors (Lipinski definition) is 3. The number of carboxylic acid groups (broad SMARTS) is 1. The Balaban J connectivity index is 2.67. The number of carbonyl (C=O) groups excluding carboxylic acids is 1. The summed E-state index contributed by atoms with van der Waals surface area (Å²) in [5.74, 6) is -0.913. The van der Waals surface area contributed by atoms with Crippen LogP contribution in [0.4, 0.5) is 4.79 Å². The molecule has 0 aromatic carbocycles. The molecule has 5 nitrogen and oxygen atoms in total. The first-order valence-electron chi connectivity index (χ1n) is 6.82. The number of urea groups is 1. The Hall–Kier alpha value is -1.26. The van der Waals surface area contributed by atoms with Crippen LogP contribution >= 0.6 is 0 Å². The Morgan fingerprint density at radius 3 is 2.22 bits per heavy atom. The van der Waals surface area contributed by atoms with Crippen LogP contribution in [0.5, 0.6) is 0 Å². The van der Waals surface area contributed by atoms with Crippen molar-refractivity contribution in [2.75, 3.05) is 0 Å². The van der Waals surface area contributed by atoms with Gasteiger partial charge in [-0.05, 0) is 26.2 Å². The SMILES string of the molecule is CCC(C)NC(=O)NC1(C(=O)O)CCCCCC1. The van der Waals surface area contributed by atoms with E-state index in [2.05, 4.69) is 10.6 Å². The third-order valence-corrected chi connectivity index (χ3v) is 3.71. The normalized spacial score (nSPS) is 20.6. The molecular formula is C13H24N2O3. The summed E-state index contributed by atoms with van der Waals surface area (Å²) < 4.78 is 0. The van der Waals surface area contributed by atoms with Crippen LogP contribution in [0.1, 0.15) is 58.8 Å². The zero-order chi connectivity index (χ0) is 13.6. The smallest absolute Gasteiger partial charge is 0.329 e. The van der Waals surface area contributed by atoms with Crippen LogP contribution in [-0.4, -0.2) is 28.7 Å². The Labute approximate surface area is 108 Å². The second kappa shape index (κ2) is 6.61. The highest BCUT2D eigenvalue weighted by Gasteiger charge is 2.40. The van der Waals surface area contributed by atoms with Crippen LogP contribution in [0, 0.1) is 0 Å². The average Bonchev–Trinajstić information content (AvgIpc) is 2.55. The Morgan fingerprint density at radius 2 is 1.78 bits per heavy atom. The van der Waals surface area contributed by atoms with Gasteiger partial charge in [-0.25, -0.2) is 9.59 Å². The van der Waals surface area contributed by atoms with E-state index in [1.54, 1.807) is 0 Å². The van der Waals surface area contributed by atoms with E-state index in [0.29, 0.717) is 12.8 Å². The first-order chi connectivity index (χ1) is 8.50. The largest absolute Gasteiger partial charge is 0.480 e. The molecule has 0 aromatic rings. The summed E-state index contributed by atoms with van der Waals surface area (Å²) in [6, 6.07) is -0.310. The van der Waals surface area contributed by atoms with E-state index in [4.69, 9.17) is 0 Å². The second-order valence-corrected chi connectivity index (χ2v) is 5.21. The summed E-state index contributed by atoms with van der Waals surface area (Å²) >= 11 is 0. The van der Waals surface area contributed by atoms with Crippen molar-refractivity contribution < 1.29 is 14.7 Å². The second-order valence-electron chi connectivity index (χ2n) is 5.21. The van der Waals surface area contributed by atoms with Gasteiger partial charge in [0.25, 0.3) is 0 Å². The molecule has 1 atom stereocenters. The molecule has 5 heteroatoms. The number of nitrogens with one attached hydrogen (secondary N) is 2. The summed E-state index contributed by atoms with van der Waals surface area (Å²) in [6.45, 7) is 3.88. The molecule has 1 unspecified atom stereocenters. The molecule has 1 saturated carbocycles. The molecule has 1 rings (SSSR count). The van der Waals surface area contributed by atoms with Gasteiger partial charge in [0.1, 0.15) is 5.54 Å². The molecule has 0 spiro atoms. The third kappa shape index (κ3) is 3.89. The number of carboxylic acids is 1. The maximum atomic E-state index is 11.8. The molecule has 0 aromatic heterocycles. The van der Waals surface area contributed by atoms with Crippen LogP contribution in [0.3, 0.4) is 0 Å². The fourth-order valence-corrected chi connectivity index (χ4v) is 2.30. The van der Waals surface area contributed by atoms with Crippen LogP contribution < -0.4 is 10.6 Å². The van der Waals surface area contributed by atoms with Crippen molar-refractivity contribution in [3.63, 3.8) is 0 Å². The lowest BCUT2D eigenvalue weighted by Gasteiger charge is -2.30. The molecule has 0 saturated heterocycles. The standard InChI is InChI=1S/C13H24N2O3/c1-3-10(2)14-12(18)15-13(11(16)17)8-6-4-5-7-9-13/h10H,3-9H2,1-2H3,(H,16,17)(H2,14,15,18). The van der Waals surface area contributed by atoms with Gasteiger partial charge in [-0.15, -0.1) is 0 Å². The predicted octanol–water partition coefficient (Wildman–Crippen LogP) is 2.26. The number of carbonyl (C=O) groups is 2. The molecule has 0 heterocycles. The van der Waals surface area contributed by atoms with Crippen LogP contribution in [-0.2, 0) is 4.79 Å². The van der Waals surface area contributed by atoms with E-state index in [1.165, 1.54) is 0 Å². The zero-order valence-corrected chi connectivity index (χ0v) is 11.3. The van der Waals surface area contributed by atoms with E-state index in [0.717, 1.165) is 32.1 Å². The van der Waals surface area contributed by atoms with Crippen LogP contribution in [0.25, 0.3) is 0 Å². The van der Waals surface area contributed by atoms with Gasteiger partial charge in [-0.1, -0.05) is 32.6 Å². The summed E-state index contributed by atoms with van der Waals surface area (Å²) in [6.07, 6.45) is 5.68. The first kappa shape index (κ1) is 14.8. The summed E-state index contributed by atoms with van der Waals surface area (Å²) in [5.41, 5.74) is -1.08. The van der Waals surface area contributed by atoms with Gasteiger partial charge < -0.3 is 15.7 Å². The third-order valence-electron chi connectivity index (χ3n) is 3.71. The molecule has 0 bridgehead atoms. The molecule has 104 valence electrons. The average molecular weight is 256 g/mol. The van der Waals surface area contributed by atoms with E-state index in [9.17, 15) is 14.7 Å². The lowest BCUT2D eigenvalue weighted by atomic mass is 9.90. The topological polar surface area (TPSA) is 78.4 Å². The lowest BCUT2D eigenvalue weighted by molar-refractivity contribution is -0.145. The van der Waals surface area contributed by atoms with E-state index >= 15 is 0 Å². The van der Waals surface area contributed by atoms with Crippen molar-refractivity contribution >= 4 is 12.0 Å². The number of hydrogen-bond acceptors (Lipinski definition) is 2. The van der Waals surface area contributed by atoms with Crippen molar-refractivity contribution in [3.8, 4) is 0 Å². The fourth-order valence-electron chi connectivity index (χ4n) is 2.30. The number of amides is 2. The molecule has 1 aliphatic carbocycles. The minimum atomic E-state index is -1.08. The van der Waals surface area contributed by atoms with Gasteiger partial charge in [-0.2, -0.15) is 0 Å². The molecule has 2 amide bonds. The number of rotatable bonds is 4. The predicted molar refractivity (Wildman–Crippen MR) is 69.5 cm³/mol. The minimum Gasteiger partial charge on any atom is -0.480 e. The maximum Gasteiger partial charge on any atom is 0.329 e. The van der Waals surface area contributed by atoms with Gasteiger partial charge in [0.15, 0.2) is 0 Å². The van der Waals surface area contributed by atoms with Crippen LogP contribution in [0.15, 0.2) is 0 Å². The zero-order valence-electron chi connectivity index (χ0n) is 11.3.